The van der Waals surface area contributed by atoms with E-state index in [9.17, 15) is 8.42 Å². The first kappa shape index (κ1) is 16.1. The number of nitrogens with two attached hydrogens (primary N) is 1. The normalized spacial score (nSPS) is 19.1. The second-order valence-electron chi connectivity index (χ2n) is 5.20. The first-order valence-electron chi connectivity index (χ1n) is 6.66. The van der Waals surface area contributed by atoms with Crippen molar-refractivity contribution in [1.82, 2.24) is 9.71 Å². The summed E-state index contributed by atoms with van der Waals surface area (Å²) in [5.41, 5.74) is 6.05. The van der Waals surface area contributed by atoms with Crippen LogP contribution in [0.15, 0.2) is 4.21 Å². The Labute approximate surface area is 128 Å². The van der Waals surface area contributed by atoms with E-state index >= 15 is 0 Å². The van der Waals surface area contributed by atoms with E-state index in [1.807, 2.05) is 0 Å². The molecule has 5 nitrogen and oxygen atoms in total. The molecule has 0 amide bonds. The van der Waals surface area contributed by atoms with Crippen molar-refractivity contribution in [1.29, 1.82) is 0 Å². The monoisotopic (exact) mass is 335 g/mol. The molecule has 20 heavy (non-hydrogen) atoms. The van der Waals surface area contributed by atoms with Crippen LogP contribution < -0.4 is 10.5 Å². The summed E-state index contributed by atoms with van der Waals surface area (Å²) in [5, 5.41) is 0.292. The first-order chi connectivity index (χ1) is 9.38. The zero-order chi connectivity index (χ0) is 14.8. The summed E-state index contributed by atoms with van der Waals surface area (Å²) in [6.45, 7) is 2.15. The summed E-state index contributed by atoms with van der Waals surface area (Å²) in [4.78, 5) is 3.98. The third kappa shape index (κ3) is 3.47. The Bertz CT molecular complexity index is 563. The van der Waals surface area contributed by atoms with E-state index in [4.69, 9.17) is 5.73 Å². The minimum atomic E-state index is -3.51. The number of nitrogen functional groups attached to an aromatic ring is 1. The molecule has 0 radical (unpaired) electrons. The van der Waals surface area contributed by atoms with Crippen LogP contribution in [0, 0.1) is 6.92 Å². The molecule has 8 heteroatoms. The Morgan fingerprint density at radius 3 is 2.55 bits per heavy atom. The highest BCUT2D eigenvalue weighted by Crippen LogP contribution is 2.38. The maximum atomic E-state index is 12.4. The highest BCUT2D eigenvalue weighted by atomic mass is 32.2. The molecular weight excluding hydrogens is 314 g/mol. The number of aromatic nitrogens is 1. The van der Waals surface area contributed by atoms with Crippen molar-refractivity contribution in [3.63, 3.8) is 0 Å². The number of thioether (sulfide) groups is 1. The van der Waals surface area contributed by atoms with Gasteiger partial charge in [-0.15, -0.1) is 0 Å². The first-order valence-corrected chi connectivity index (χ1v) is 10.2. The van der Waals surface area contributed by atoms with Gasteiger partial charge in [0, 0.05) is 11.3 Å². The highest BCUT2D eigenvalue weighted by Gasteiger charge is 2.33. The molecule has 0 saturated heterocycles. The van der Waals surface area contributed by atoms with E-state index in [-0.39, 0.29) is 8.96 Å². The van der Waals surface area contributed by atoms with Gasteiger partial charge in [0.15, 0.2) is 9.34 Å². The molecule has 0 aliphatic heterocycles. The summed E-state index contributed by atoms with van der Waals surface area (Å²) in [6.07, 6.45) is 7.81. The van der Waals surface area contributed by atoms with Crippen LogP contribution in [0.4, 0.5) is 5.13 Å². The van der Waals surface area contributed by atoms with Crippen molar-refractivity contribution >= 4 is 38.3 Å². The summed E-state index contributed by atoms with van der Waals surface area (Å²) >= 11 is 2.80. The van der Waals surface area contributed by atoms with Gasteiger partial charge >= 0.3 is 0 Å². The lowest BCUT2D eigenvalue weighted by molar-refractivity contribution is 0.395. The molecule has 0 spiro atoms. The molecule has 1 fully saturated rings. The van der Waals surface area contributed by atoms with E-state index < -0.39 is 10.0 Å². The predicted molar refractivity (Wildman–Crippen MR) is 85.8 cm³/mol. The SMILES string of the molecule is CSC1(CNS(=O)(=O)c2sc(N)nc2C)CCCCC1. The van der Waals surface area contributed by atoms with Crippen LogP contribution in [0.2, 0.25) is 0 Å². The Kier molecular flexibility index (Phi) is 4.99. The molecule has 1 heterocycles. The molecule has 0 bridgehead atoms. The molecule has 0 atom stereocenters. The molecule has 1 aromatic rings. The zero-order valence-electron chi connectivity index (χ0n) is 11.8. The minimum absolute atomic E-state index is 0.0372. The highest BCUT2D eigenvalue weighted by molar-refractivity contribution is 8.00. The van der Waals surface area contributed by atoms with Crippen molar-refractivity contribution in [3.05, 3.63) is 5.69 Å². The van der Waals surface area contributed by atoms with E-state index in [0.717, 1.165) is 24.2 Å². The van der Waals surface area contributed by atoms with Crippen molar-refractivity contribution in [2.24, 2.45) is 0 Å². The van der Waals surface area contributed by atoms with Gasteiger partial charge in [0.1, 0.15) is 0 Å². The van der Waals surface area contributed by atoms with Crippen molar-refractivity contribution in [3.8, 4) is 0 Å². The molecule has 0 unspecified atom stereocenters. The van der Waals surface area contributed by atoms with Gasteiger partial charge in [-0.1, -0.05) is 30.6 Å². The number of sulfonamides is 1. The van der Waals surface area contributed by atoms with Gasteiger partial charge in [0.25, 0.3) is 10.0 Å². The van der Waals surface area contributed by atoms with Gasteiger partial charge in [0.05, 0.1) is 5.69 Å². The number of thiazole rings is 1. The number of aryl methyl sites for hydroxylation is 1. The molecule has 1 aliphatic rings. The Balaban J connectivity index is 2.10. The number of hydrogen-bond acceptors (Lipinski definition) is 6. The molecule has 1 aromatic heterocycles. The number of rotatable bonds is 5. The van der Waals surface area contributed by atoms with Gasteiger partial charge in [-0.05, 0) is 26.0 Å². The maximum absolute atomic E-state index is 12.4. The van der Waals surface area contributed by atoms with Crippen LogP contribution in [0.3, 0.4) is 0 Å². The zero-order valence-corrected chi connectivity index (χ0v) is 14.3. The van der Waals surface area contributed by atoms with E-state index in [2.05, 4.69) is 16.0 Å². The third-order valence-electron chi connectivity index (χ3n) is 3.80. The Morgan fingerprint density at radius 2 is 2.05 bits per heavy atom. The van der Waals surface area contributed by atoms with Gasteiger partial charge in [-0.2, -0.15) is 11.8 Å². The Hall–Kier alpha value is -0.310. The van der Waals surface area contributed by atoms with Crippen LogP contribution in [-0.4, -0.2) is 30.9 Å². The van der Waals surface area contributed by atoms with Gasteiger partial charge in [0.2, 0.25) is 0 Å². The number of hydrogen-bond donors (Lipinski definition) is 2. The predicted octanol–water partition coefficient (Wildman–Crippen LogP) is 2.38. The number of nitrogens with one attached hydrogen (secondary N) is 1. The van der Waals surface area contributed by atoms with Crippen LogP contribution >= 0.6 is 23.1 Å². The number of nitrogens with zero attached hydrogens (tertiary/aromatic N) is 1. The molecular formula is C12H21N3O2S3. The lowest BCUT2D eigenvalue weighted by Crippen LogP contribution is -2.41. The van der Waals surface area contributed by atoms with Crippen LogP contribution in [-0.2, 0) is 10.0 Å². The fourth-order valence-electron chi connectivity index (χ4n) is 2.59. The second kappa shape index (κ2) is 6.21. The molecule has 0 aromatic carbocycles. The summed E-state index contributed by atoms with van der Waals surface area (Å²) in [6, 6.07) is 0. The average molecular weight is 336 g/mol. The average Bonchev–Trinajstić information content (AvgIpc) is 2.78. The van der Waals surface area contributed by atoms with Gasteiger partial charge < -0.3 is 5.73 Å². The van der Waals surface area contributed by atoms with Crippen LogP contribution in [0.25, 0.3) is 0 Å². The molecule has 1 saturated carbocycles. The molecule has 1 aliphatic carbocycles. The summed E-state index contributed by atoms with van der Waals surface area (Å²) in [5.74, 6) is 0. The third-order valence-corrected chi connectivity index (χ3v) is 8.21. The fraction of sp³-hybridized carbons (Fsp3) is 0.750. The summed E-state index contributed by atoms with van der Waals surface area (Å²) in [7, 11) is -3.51. The Morgan fingerprint density at radius 1 is 1.40 bits per heavy atom. The van der Waals surface area contributed by atoms with E-state index in [0.29, 0.717) is 17.4 Å². The van der Waals surface area contributed by atoms with E-state index in [1.54, 1.807) is 18.7 Å². The van der Waals surface area contributed by atoms with E-state index in [1.165, 1.54) is 19.3 Å². The second-order valence-corrected chi connectivity index (χ2v) is 9.46. The number of anilines is 1. The summed E-state index contributed by atoms with van der Waals surface area (Å²) < 4.78 is 27.8. The maximum Gasteiger partial charge on any atom is 0.252 e. The van der Waals surface area contributed by atoms with Crippen molar-refractivity contribution < 1.29 is 8.42 Å². The lowest BCUT2D eigenvalue weighted by atomic mass is 9.88. The molecule has 3 N–H and O–H groups in total. The topological polar surface area (TPSA) is 85.1 Å². The van der Waals surface area contributed by atoms with Crippen molar-refractivity contribution in [2.75, 3.05) is 18.5 Å². The lowest BCUT2D eigenvalue weighted by Gasteiger charge is -2.35. The fourth-order valence-corrected chi connectivity index (χ4v) is 6.07. The molecule has 2 rings (SSSR count). The van der Waals surface area contributed by atoms with Gasteiger partial charge in [-0.3, -0.25) is 0 Å². The molecule has 114 valence electrons. The standard InChI is InChI=1S/C12H21N3O2S3/c1-9-10(19-11(13)15-9)20(16,17)14-8-12(18-2)6-4-3-5-7-12/h14H,3-8H2,1-2H3,(H2,13,15). The van der Waals surface area contributed by atoms with Crippen molar-refractivity contribution in [2.45, 2.75) is 48.0 Å². The quantitative estimate of drug-likeness (QED) is 0.863. The smallest absolute Gasteiger partial charge is 0.252 e. The largest absolute Gasteiger partial charge is 0.375 e. The van der Waals surface area contributed by atoms with Gasteiger partial charge in [-0.25, -0.2) is 18.1 Å². The van der Waals surface area contributed by atoms with Crippen LogP contribution in [0.1, 0.15) is 37.8 Å². The minimum Gasteiger partial charge on any atom is -0.375 e. The van der Waals surface area contributed by atoms with Crippen LogP contribution in [0.5, 0.6) is 0 Å².